The van der Waals surface area contributed by atoms with Crippen molar-refractivity contribution in [3.63, 3.8) is 0 Å². The minimum atomic E-state index is -4.11. The molecule has 1 aromatic rings. The van der Waals surface area contributed by atoms with Crippen LogP contribution in [-0.4, -0.2) is 56.0 Å². The van der Waals surface area contributed by atoms with Gasteiger partial charge >= 0.3 is 12.4 Å². The van der Waals surface area contributed by atoms with E-state index in [9.17, 15) is 24.5 Å². The van der Waals surface area contributed by atoms with Gasteiger partial charge in [-0.1, -0.05) is 5.92 Å². The Morgan fingerprint density at radius 3 is 2.71 bits per heavy atom. The Labute approximate surface area is 140 Å². The lowest BCUT2D eigenvalue weighted by Crippen LogP contribution is -2.40. The van der Waals surface area contributed by atoms with Crippen LogP contribution in [0.25, 0.3) is 0 Å². The molecule has 0 amide bonds. The van der Waals surface area contributed by atoms with E-state index in [0.29, 0.717) is 0 Å². The molecule has 1 aliphatic heterocycles. The van der Waals surface area contributed by atoms with Crippen LogP contribution in [0.4, 0.5) is 0 Å². The molecular weight excluding hydrogens is 363 g/mol. The topological polar surface area (TPSA) is 143 Å². The number of nitrogens with one attached hydrogen (secondary N) is 1. The van der Waals surface area contributed by atoms with Gasteiger partial charge in [0.05, 0.1) is 6.61 Å². The van der Waals surface area contributed by atoms with Crippen LogP contribution < -0.4 is 11.2 Å². The van der Waals surface area contributed by atoms with Crippen molar-refractivity contribution in [3.8, 4) is 12.3 Å². The monoisotopic (exact) mass is 378 g/mol. The molecule has 2 rings (SSSR count). The van der Waals surface area contributed by atoms with Crippen LogP contribution >= 0.6 is 6.72 Å². The van der Waals surface area contributed by atoms with Crippen molar-refractivity contribution in [2.75, 3.05) is 13.2 Å². The van der Waals surface area contributed by atoms with E-state index in [-0.39, 0.29) is 6.61 Å². The molecule has 12 heteroatoms. The molecule has 1 saturated heterocycles. The molecule has 0 aliphatic carbocycles. The first-order valence-corrected chi connectivity index (χ1v) is 9.26. The summed E-state index contributed by atoms with van der Waals surface area (Å²) in [7, 11) is 0. The van der Waals surface area contributed by atoms with Gasteiger partial charge in [-0.25, -0.2) is 4.79 Å². The first-order valence-electron chi connectivity index (χ1n) is 6.63. The van der Waals surface area contributed by atoms with Crippen LogP contribution in [0.2, 0.25) is 0 Å². The molecule has 132 valence electrons. The van der Waals surface area contributed by atoms with Crippen molar-refractivity contribution in [1.29, 1.82) is 0 Å². The van der Waals surface area contributed by atoms with Crippen molar-refractivity contribution in [2.24, 2.45) is 0 Å². The Morgan fingerprint density at radius 1 is 1.46 bits per heavy atom. The first kappa shape index (κ1) is 19.0. The van der Waals surface area contributed by atoms with Gasteiger partial charge in [-0.3, -0.25) is 18.9 Å². The highest BCUT2D eigenvalue weighted by Crippen LogP contribution is 2.44. The summed E-state index contributed by atoms with van der Waals surface area (Å²) < 4.78 is 16.9. The molecule has 0 unspecified atom stereocenters. The van der Waals surface area contributed by atoms with Crippen LogP contribution in [-0.2, 0) is 25.8 Å². The maximum absolute atomic E-state index is 11.9. The second kappa shape index (κ2) is 7.69. The summed E-state index contributed by atoms with van der Waals surface area (Å²) in [5.74, 6) is 2.22. The van der Waals surface area contributed by atoms with E-state index in [2.05, 4.69) is 17.7 Å². The van der Waals surface area contributed by atoms with Gasteiger partial charge in [0.15, 0.2) is 6.23 Å². The third-order valence-corrected chi connectivity index (χ3v) is 3.99. The molecule has 1 aliphatic rings. The van der Waals surface area contributed by atoms with Crippen molar-refractivity contribution in [2.45, 2.75) is 24.5 Å². The normalized spacial score (nSPS) is 27.1. The quantitative estimate of drug-likeness (QED) is 0.328. The summed E-state index contributed by atoms with van der Waals surface area (Å²) in [5, 5.41) is 9.42. The molecule has 0 aromatic carbocycles. The molecule has 10 nitrogen and oxygen atoms in total. The van der Waals surface area contributed by atoms with Crippen LogP contribution in [0.3, 0.4) is 0 Å². The maximum atomic E-state index is 11.9. The maximum Gasteiger partial charge on any atom is 0.330 e. The molecule has 1 aromatic heterocycles. The number of nitrogens with zero attached hydrogens (tertiary/aromatic N) is 1. The molecule has 0 saturated carbocycles. The van der Waals surface area contributed by atoms with Crippen LogP contribution in [0.5, 0.6) is 0 Å². The summed E-state index contributed by atoms with van der Waals surface area (Å²) in [4.78, 5) is 44.0. The molecule has 0 bridgehead atoms. The summed E-state index contributed by atoms with van der Waals surface area (Å²) in [6, 6.07) is 1.09. The van der Waals surface area contributed by atoms with E-state index in [1.54, 1.807) is 0 Å². The van der Waals surface area contributed by atoms with Crippen LogP contribution in [0.15, 0.2) is 21.9 Å². The molecule has 0 spiro atoms. The number of H-pyrrole nitrogens is 1. The van der Waals surface area contributed by atoms with Gasteiger partial charge in [0.1, 0.15) is 24.9 Å². The van der Waals surface area contributed by atoms with Gasteiger partial charge in [0.2, 0.25) is 0 Å². The molecule has 4 N–H and O–H groups in total. The number of hydrogen-bond acceptors (Lipinski definition) is 7. The number of aromatic nitrogens is 2. The fourth-order valence-corrected chi connectivity index (χ4v) is 3.19. The largest absolute Gasteiger partial charge is 0.394 e. The highest BCUT2D eigenvalue weighted by Gasteiger charge is 2.49. The van der Waals surface area contributed by atoms with Crippen molar-refractivity contribution < 1.29 is 28.9 Å². The average molecular weight is 378 g/mol. The van der Waals surface area contributed by atoms with Gasteiger partial charge in [-0.2, -0.15) is 0 Å². The Hall–Kier alpha value is -1.35. The average Bonchev–Trinajstić information content (AvgIpc) is 2.81. The smallest absolute Gasteiger partial charge is 0.330 e. The minimum Gasteiger partial charge on any atom is -0.394 e. The van der Waals surface area contributed by atoms with Gasteiger partial charge in [-0.15, -0.1) is 6.42 Å². The number of rotatable bonds is 6. The summed E-state index contributed by atoms with van der Waals surface area (Å²) >= 11 is 4.44. The first-order chi connectivity index (χ1) is 11.3. The zero-order chi connectivity index (χ0) is 17.9. The van der Waals surface area contributed by atoms with Crippen LogP contribution in [0.1, 0.15) is 6.23 Å². The van der Waals surface area contributed by atoms with Gasteiger partial charge in [-0.05, 0) is 11.8 Å². The SMILES string of the molecule is C#CCO[C@@H]1[C@H](OP(O)(O)=S)[C@@H](CO)O[C@H]1n1ccc(=O)[nH]c1=O. The number of terminal acetylenes is 1. The highest BCUT2D eigenvalue weighted by atomic mass is 32.5. The Bertz CT molecular complexity index is 780. The molecule has 2 heterocycles. The third kappa shape index (κ3) is 4.38. The fraction of sp³-hybridized carbons (Fsp3) is 0.500. The lowest BCUT2D eigenvalue weighted by Gasteiger charge is -2.25. The molecule has 1 fully saturated rings. The number of ether oxygens (including phenoxy) is 2. The summed E-state index contributed by atoms with van der Waals surface area (Å²) in [5.41, 5.74) is -1.39. The number of aliphatic hydroxyl groups is 1. The number of aromatic amines is 1. The number of aliphatic hydroxyl groups excluding tert-OH is 1. The van der Waals surface area contributed by atoms with E-state index in [4.69, 9.17) is 20.4 Å². The van der Waals surface area contributed by atoms with E-state index >= 15 is 0 Å². The van der Waals surface area contributed by atoms with E-state index in [0.717, 1.165) is 10.6 Å². The Balaban J connectivity index is 2.42. The van der Waals surface area contributed by atoms with Gasteiger partial charge < -0.3 is 24.4 Å². The summed E-state index contributed by atoms with van der Waals surface area (Å²) in [6.07, 6.45) is 1.86. The molecular formula is C12H15N2O8PS. The Kier molecular flexibility index (Phi) is 6.08. The second-order valence-corrected chi connectivity index (χ2v) is 7.42. The van der Waals surface area contributed by atoms with E-state index in [1.165, 1.54) is 6.20 Å². The predicted octanol–water partition coefficient (Wildman–Crippen LogP) is -1.96. The lowest BCUT2D eigenvalue weighted by atomic mass is 10.1. The van der Waals surface area contributed by atoms with Crippen molar-refractivity contribution in [3.05, 3.63) is 33.1 Å². The third-order valence-electron chi connectivity index (χ3n) is 3.21. The molecule has 4 atom stereocenters. The molecule has 24 heavy (non-hydrogen) atoms. The highest BCUT2D eigenvalue weighted by molar-refractivity contribution is 8.06. The second-order valence-electron chi connectivity index (χ2n) is 4.81. The van der Waals surface area contributed by atoms with Crippen LogP contribution in [0, 0.1) is 12.3 Å². The zero-order valence-corrected chi connectivity index (χ0v) is 13.9. The van der Waals surface area contributed by atoms with Crippen molar-refractivity contribution >= 4 is 18.5 Å². The van der Waals surface area contributed by atoms with E-state index in [1.807, 2.05) is 4.98 Å². The standard InChI is InChI=1S/C12H15N2O8PS/c1-2-5-20-10-9(22-23(18,19)24)7(6-15)21-11(10)14-4-3-8(16)13-12(14)17/h1,3-4,7,9-11,15H,5-6H2,(H,13,16,17)(H2,18,19,24)/t7-,9-,10-,11-/m1/s1. The molecule has 0 radical (unpaired) electrons. The van der Waals surface area contributed by atoms with Crippen molar-refractivity contribution in [1.82, 2.24) is 9.55 Å². The minimum absolute atomic E-state index is 0.194. The Morgan fingerprint density at radius 2 is 2.17 bits per heavy atom. The lowest BCUT2D eigenvalue weighted by molar-refractivity contribution is -0.0677. The zero-order valence-electron chi connectivity index (χ0n) is 12.1. The van der Waals surface area contributed by atoms with Gasteiger partial charge in [0, 0.05) is 12.3 Å². The summed E-state index contributed by atoms with van der Waals surface area (Å²) in [6.45, 7) is -4.87. The number of hydrogen-bond donors (Lipinski definition) is 4. The fourth-order valence-electron chi connectivity index (χ4n) is 2.31. The van der Waals surface area contributed by atoms with E-state index < -0.39 is 49.1 Å². The van der Waals surface area contributed by atoms with Gasteiger partial charge in [0.25, 0.3) is 5.56 Å². The predicted molar refractivity (Wildman–Crippen MR) is 84.5 cm³/mol.